The maximum atomic E-state index is 12.6. The molecule has 3 N–H and O–H groups in total. The molecular weight excluding hydrogens is 344 g/mol. The van der Waals surface area contributed by atoms with E-state index in [4.69, 9.17) is 15.2 Å². The van der Waals surface area contributed by atoms with Crippen molar-refractivity contribution in [1.29, 1.82) is 0 Å². The number of hydrogen-bond acceptors (Lipinski definition) is 5. The average Bonchev–Trinajstić information content (AvgIpc) is 2.68. The van der Waals surface area contributed by atoms with Gasteiger partial charge in [-0.1, -0.05) is 25.1 Å². The molecule has 6 nitrogen and oxygen atoms in total. The minimum Gasteiger partial charge on any atom is -0.452 e. The summed E-state index contributed by atoms with van der Waals surface area (Å²) in [6.45, 7) is 3.71. The van der Waals surface area contributed by atoms with Crippen LogP contribution in [0.25, 0.3) is 10.9 Å². The van der Waals surface area contributed by atoms with Crippen LogP contribution in [0.1, 0.15) is 30.6 Å². The van der Waals surface area contributed by atoms with Crippen molar-refractivity contribution in [3.8, 4) is 11.5 Å². The fourth-order valence-corrected chi connectivity index (χ4v) is 2.65. The summed E-state index contributed by atoms with van der Waals surface area (Å²) in [4.78, 5) is 27.9. The Hall–Kier alpha value is -3.54. The minimum absolute atomic E-state index is 0.0634. The summed E-state index contributed by atoms with van der Waals surface area (Å²) in [5, 5.41) is 0.523. The van der Waals surface area contributed by atoms with E-state index in [0.717, 1.165) is 0 Å². The van der Waals surface area contributed by atoms with E-state index >= 15 is 0 Å². The van der Waals surface area contributed by atoms with E-state index < -0.39 is 11.5 Å². The molecular formula is C21H20N2O4. The number of aromatic nitrogens is 1. The highest BCUT2D eigenvalue weighted by Crippen LogP contribution is 2.34. The average molecular weight is 364 g/mol. The zero-order chi connectivity index (χ0) is 19.4. The topological polar surface area (TPSA) is 94.4 Å². The third-order valence-corrected chi connectivity index (χ3v) is 4.06. The Morgan fingerprint density at radius 1 is 1.11 bits per heavy atom. The Balaban J connectivity index is 2.16. The first-order chi connectivity index (χ1) is 13.0. The number of nitrogens with one attached hydrogen (secondary N) is 1. The summed E-state index contributed by atoms with van der Waals surface area (Å²) in [6.07, 6.45) is 2.34. The molecule has 3 aromatic rings. The first kappa shape index (κ1) is 18.3. The summed E-state index contributed by atoms with van der Waals surface area (Å²) < 4.78 is 11.4. The molecule has 1 heterocycles. The van der Waals surface area contributed by atoms with Gasteiger partial charge in [-0.2, -0.15) is 0 Å². The molecule has 138 valence electrons. The maximum Gasteiger partial charge on any atom is 0.343 e. The number of pyridine rings is 1. The van der Waals surface area contributed by atoms with Crippen LogP contribution in [0, 0.1) is 0 Å². The number of rotatable bonds is 5. The Kier molecular flexibility index (Phi) is 5.26. The van der Waals surface area contributed by atoms with E-state index in [2.05, 4.69) is 4.98 Å². The van der Waals surface area contributed by atoms with Gasteiger partial charge in [-0.3, -0.25) is 4.79 Å². The Morgan fingerprint density at radius 2 is 1.85 bits per heavy atom. The van der Waals surface area contributed by atoms with Gasteiger partial charge in [-0.05, 0) is 43.3 Å². The van der Waals surface area contributed by atoms with Gasteiger partial charge < -0.3 is 20.2 Å². The summed E-state index contributed by atoms with van der Waals surface area (Å²) in [6, 6.07) is 13.5. The van der Waals surface area contributed by atoms with Crippen LogP contribution >= 0.6 is 0 Å². The van der Waals surface area contributed by atoms with Gasteiger partial charge in [0.15, 0.2) is 5.75 Å². The van der Waals surface area contributed by atoms with Crippen LogP contribution < -0.4 is 20.8 Å². The Bertz CT molecular complexity index is 1070. The van der Waals surface area contributed by atoms with Gasteiger partial charge >= 0.3 is 5.97 Å². The molecule has 0 fully saturated rings. The van der Waals surface area contributed by atoms with Crippen LogP contribution in [0.15, 0.2) is 65.2 Å². The number of ether oxygens (including phenoxy) is 2. The van der Waals surface area contributed by atoms with Gasteiger partial charge in [0.2, 0.25) is 5.75 Å². The number of benzene rings is 2. The van der Waals surface area contributed by atoms with Crippen LogP contribution in [0.4, 0.5) is 5.69 Å². The number of anilines is 1. The SMILES string of the molecule is CC=C(CC)Oc1c(OC(=O)c2ccccc2)c2ccc(N)cc2[nH]c1=O. The summed E-state index contributed by atoms with van der Waals surface area (Å²) >= 11 is 0. The highest BCUT2D eigenvalue weighted by Gasteiger charge is 2.20. The second-order valence-corrected chi connectivity index (χ2v) is 5.88. The van der Waals surface area contributed by atoms with E-state index in [-0.39, 0.29) is 11.5 Å². The molecule has 0 bridgehead atoms. The zero-order valence-electron chi connectivity index (χ0n) is 15.1. The molecule has 0 aliphatic rings. The Morgan fingerprint density at radius 3 is 2.52 bits per heavy atom. The molecule has 0 amide bonds. The second-order valence-electron chi connectivity index (χ2n) is 5.88. The highest BCUT2D eigenvalue weighted by molar-refractivity contribution is 5.96. The summed E-state index contributed by atoms with van der Waals surface area (Å²) in [5.74, 6) is 0.0110. The third-order valence-electron chi connectivity index (χ3n) is 4.06. The van der Waals surface area contributed by atoms with E-state index in [9.17, 15) is 9.59 Å². The van der Waals surface area contributed by atoms with Crippen molar-refractivity contribution in [2.24, 2.45) is 0 Å². The first-order valence-corrected chi connectivity index (χ1v) is 8.59. The molecule has 27 heavy (non-hydrogen) atoms. The van der Waals surface area contributed by atoms with E-state index in [1.165, 1.54) is 0 Å². The summed E-state index contributed by atoms with van der Waals surface area (Å²) in [5.41, 5.74) is 6.62. The van der Waals surface area contributed by atoms with Crippen LogP contribution in [0.2, 0.25) is 0 Å². The standard InChI is InChI=1S/C21H20N2O4/c1-3-15(4-2)26-19-18(27-21(25)13-8-6-5-7-9-13)16-11-10-14(22)12-17(16)23-20(19)24/h3,5-12H,4,22H2,1-2H3,(H,23,24). The third kappa shape index (κ3) is 3.84. The largest absolute Gasteiger partial charge is 0.452 e. The van der Waals surface area contributed by atoms with E-state index in [1.807, 2.05) is 13.8 Å². The molecule has 0 unspecified atom stereocenters. The van der Waals surface area contributed by atoms with Gasteiger partial charge in [0.25, 0.3) is 5.56 Å². The van der Waals surface area contributed by atoms with Gasteiger partial charge in [0, 0.05) is 17.5 Å². The predicted octanol–water partition coefficient (Wildman–Crippen LogP) is 4.02. The van der Waals surface area contributed by atoms with E-state index in [1.54, 1.807) is 54.6 Å². The smallest absolute Gasteiger partial charge is 0.343 e. The number of nitrogens with two attached hydrogens (primary N) is 1. The normalized spacial score (nSPS) is 11.4. The van der Waals surface area contributed by atoms with Crippen molar-refractivity contribution in [3.05, 3.63) is 76.3 Å². The van der Waals surface area contributed by atoms with Crippen molar-refractivity contribution >= 4 is 22.6 Å². The van der Waals surface area contributed by atoms with Gasteiger partial charge in [0.05, 0.1) is 11.1 Å². The molecule has 0 aliphatic carbocycles. The molecule has 0 saturated carbocycles. The monoisotopic (exact) mass is 364 g/mol. The quantitative estimate of drug-likeness (QED) is 0.405. The number of H-pyrrole nitrogens is 1. The lowest BCUT2D eigenvalue weighted by atomic mass is 10.1. The molecule has 3 rings (SSSR count). The van der Waals surface area contributed by atoms with Crippen LogP contribution in [-0.4, -0.2) is 11.0 Å². The van der Waals surface area contributed by atoms with Crippen LogP contribution in [-0.2, 0) is 0 Å². The van der Waals surface area contributed by atoms with Crippen LogP contribution in [0.3, 0.4) is 0 Å². The molecule has 2 aromatic carbocycles. The molecule has 0 radical (unpaired) electrons. The number of hydrogen-bond donors (Lipinski definition) is 2. The number of carbonyl (C=O) groups is 1. The highest BCUT2D eigenvalue weighted by atomic mass is 16.6. The van der Waals surface area contributed by atoms with Crippen molar-refractivity contribution in [3.63, 3.8) is 0 Å². The molecule has 0 aliphatic heterocycles. The lowest BCUT2D eigenvalue weighted by molar-refractivity contribution is 0.0732. The van der Waals surface area contributed by atoms with Crippen molar-refractivity contribution in [2.45, 2.75) is 20.3 Å². The molecule has 0 spiro atoms. The van der Waals surface area contributed by atoms with Gasteiger partial charge in [-0.25, -0.2) is 4.79 Å². The van der Waals surface area contributed by atoms with Gasteiger partial charge in [-0.15, -0.1) is 0 Å². The minimum atomic E-state index is -0.581. The number of carbonyl (C=O) groups excluding carboxylic acids is 1. The fourth-order valence-electron chi connectivity index (χ4n) is 2.65. The zero-order valence-corrected chi connectivity index (χ0v) is 15.1. The molecule has 0 saturated heterocycles. The number of nitrogen functional groups attached to an aromatic ring is 1. The lowest BCUT2D eigenvalue weighted by Gasteiger charge is -2.14. The summed E-state index contributed by atoms with van der Waals surface area (Å²) in [7, 11) is 0. The first-order valence-electron chi connectivity index (χ1n) is 8.59. The Labute approximate surface area is 156 Å². The number of aromatic amines is 1. The number of esters is 1. The second kappa shape index (κ2) is 7.78. The molecule has 6 heteroatoms. The van der Waals surface area contributed by atoms with Crippen molar-refractivity contribution in [2.75, 3.05) is 5.73 Å². The fraction of sp³-hybridized carbons (Fsp3) is 0.143. The van der Waals surface area contributed by atoms with Crippen molar-refractivity contribution < 1.29 is 14.3 Å². The van der Waals surface area contributed by atoms with Gasteiger partial charge in [0.1, 0.15) is 5.76 Å². The van der Waals surface area contributed by atoms with Crippen LogP contribution in [0.5, 0.6) is 11.5 Å². The van der Waals surface area contributed by atoms with E-state index in [0.29, 0.717) is 34.3 Å². The molecule has 0 atom stereocenters. The number of fused-ring (bicyclic) bond motifs is 1. The number of allylic oxidation sites excluding steroid dienone is 2. The predicted molar refractivity (Wildman–Crippen MR) is 105 cm³/mol. The molecule has 1 aromatic heterocycles. The lowest BCUT2D eigenvalue weighted by Crippen LogP contribution is -2.16. The van der Waals surface area contributed by atoms with Crippen molar-refractivity contribution in [1.82, 2.24) is 4.98 Å². The maximum absolute atomic E-state index is 12.6.